The number of fused-ring (bicyclic) bond motifs is 2. The monoisotopic (exact) mass is 473 g/mol. The molecule has 1 unspecified atom stereocenters. The number of nitrogens with zero attached hydrogens (tertiary/aromatic N) is 4. The molecule has 174 valence electrons. The summed E-state index contributed by atoms with van der Waals surface area (Å²) in [5, 5.41) is 8.43. The van der Waals surface area contributed by atoms with E-state index in [9.17, 15) is 4.79 Å². The maximum atomic E-state index is 13.3. The van der Waals surface area contributed by atoms with Gasteiger partial charge in [-0.05, 0) is 61.8 Å². The first kappa shape index (κ1) is 22.4. The van der Waals surface area contributed by atoms with Crippen LogP contribution >= 0.6 is 11.8 Å². The van der Waals surface area contributed by atoms with Crippen LogP contribution in [0.3, 0.4) is 0 Å². The number of carbonyl (C=O) groups is 1. The van der Waals surface area contributed by atoms with Crippen LogP contribution in [-0.2, 0) is 17.6 Å². The van der Waals surface area contributed by atoms with Crippen molar-refractivity contribution in [2.75, 3.05) is 12.9 Å². The number of hydrogen-bond acceptors (Lipinski definition) is 6. The Morgan fingerprint density at radius 2 is 1.97 bits per heavy atom. The van der Waals surface area contributed by atoms with Gasteiger partial charge in [-0.25, -0.2) is 9.50 Å². The summed E-state index contributed by atoms with van der Waals surface area (Å²) in [5.41, 5.74) is 5.82. The molecule has 1 amide bonds. The van der Waals surface area contributed by atoms with Gasteiger partial charge in [0.2, 0.25) is 11.1 Å². The molecule has 5 rings (SSSR count). The Kier molecular flexibility index (Phi) is 6.24. The highest BCUT2D eigenvalue weighted by Gasteiger charge is 2.22. The van der Waals surface area contributed by atoms with E-state index in [0.717, 1.165) is 53.3 Å². The van der Waals surface area contributed by atoms with Crippen LogP contribution in [0, 0.1) is 13.8 Å². The number of ether oxygens (including phenoxy) is 1. The number of amides is 1. The number of nitrogens with one attached hydrogen (secondary N) is 1. The van der Waals surface area contributed by atoms with Gasteiger partial charge in [0.1, 0.15) is 5.75 Å². The van der Waals surface area contributed by atoms with Crippen molar-refractivity contribution >= 4 is 23.4 Å². The lowest BCUT2D eigenvalue weighted by atomic mass is 9.94. The van der Waals surface area contributed by atoms with E-state index in [1.165, 1.54) is 17.3 Å². The second-order valence-electron chi connectivity index (χ2n) is 8.48. The molecule has 2 aromatic heterocycles. The molecule has 1 aliphatic heterocycles. The molecule has 1 aliphatic rings. The molecule has 34 heavy (non-hydrogen) atoms. The van der Waals surface area contributed by atoms with E-state index in [0.29, 0.717) is 10.9 Å². The molecule has 0 aliphatic carbocycles. The number of aryl methyl sites for hydroxylation is 3. The molecule has 7 nitrogen and oxygen atoms in total. The van der Waals surface area contributed by atoms with Gasteiger partial charge in [0.25, 0.3) is 5.78 Å². The van der Waals surface area contributed by atoms with Gasteiger partial charge in [-0.1, -0.05) is 48.2 Å². The predicted molar refractivity (Wildman–Crippen MR) is 132 cm³/mol. The van der Waals surface area contributed by atoms with Gasteiger partial charge >= 0.3 is 0 Å². The Morgan fingerprint density at radius 1 is 1.15 bits per heavy atom. The van der Waals surface area contributed by atoms with Gasteiger partial charge in [-0.15, -0.1) is 5.10 Å². The van der Waals surface area contributed by atoms with Crippen LogP contribution < -0.4 is 10.1 Å². The summed E-state index contributed by atoms with van der Waals surface area (Å²) in [6.45, 7) is 4.63. The molecule has 0 spiro atoms. The Labute approximate surface area is 203 Å². The van der Waals surface area contributed by atoms with Gasteiger partial charge in [0.15, 0.2) is 0 Å². The van der Waals surface area contributed by atoms with Crippen LogP contribution in [-0.4, -0.2) is 38.4 Å². The molecule has 8 heteroatoms. The lowest BCUT2D eigenvalue weighted by Gasteiger charge is -2.23. The zero-order chi connectivity index (χ0) is 23.7. The molecule has 4 aromatic rings. The van der Waals surface area contributed by atoms with Crippen molar-refractivity contribution < 1.29 is 9.53 Å². The SMILES string of the molecule is CSc1nc2nc(C)c(CC(=O)NC(c3ccccc3)c3ccc4c(c3)CCCO4)c(C)n2n1. The largest absolute Gasteiger partial charge is 0.493 e. The van der Waals surface area contributed by atoms with Crippen molar-refractivity contribution in [2.45, 2.75) is 44.3 Å². The van der Waals surface area contributed by atoms with Gasteiger partial charge in [0.05, 0.1) is 19.1 Å². The van der Waals surface area contributed by atoms with Gasteiger partial charge in [-0.2, -0.15) is 4.98 Å². The minimum absolute atomic E-state index is 0.0691. The fraction of sp³-hybridized carbons (Fsp3) is 0.308. The fourth-order valence-electron chi connectivity index (χ4n) is 4.47. The third kappa shape index (κ3) is 4.37. The second kappa shape index (κ2) is 9.46. The second-order valence-corrected chi connectivity index (χ2v) is 9.25. The third-order valence-electron chi connectivity index (χ3n) is 6.25. The fourth-order valence-corrected chi connectivity index (χ4v) is 4.81. The van der Waals surface area contributed by atoms with Crippen molar-refractivity contribution in [3.05, 3.63) is 82.2 Å². The number of hydrogen-bond donors (Lipinski definition) is 1. The average Bonchev–Trinajstić information content (AvgIpc) is 3.28. The summed E-state index contributed by atoms with van der Waals surface area (Å²) in [5.74, 6) is 1.43. The average molecular weight is 474 g/mol. The number of benzene rings is 2. The van der Waals surface area contributed by atoms with Crippen LogP contribution in [0.2, 0.25) is 0 Å². The molecule has 0 saturated heterocycles. The van der Waals surface area contributed by atoms with Crippen LogP contribution in [0.5, 0.6) is 5.75 Å². The summed E-state index contributed by atoms with van der Waals surface area (Å²) in [7, 11) is 0. The smallest absolute Gasteiger partial charge is 0.253 e. The van der Waals surface area contributed by atoms with Gasteiger partial charge in [-0.3, -0.25) is 4.79 Å². The molecule has 2 aromatic carbocycles. The molecule has 0 radical (unpaired) electrons. The van der Waals surface area contributed by atoms with E-state index in [-0.39, 0.29) is 18.4 Å². The van der Waals surface area contributed by atoms with E-state index in [2.05, 4.69) is 26.4 Å². The summed E-state index contributed by atoms with van der Waals surface area (Å²) >= 11 is 1.47. The van der Waals surface area contributed by atoms with E-state index >= 15 is 0 Å². The zero-order valence-corrected chi connectivity index (χ0v) is 20.4. The van der Waals surface area contributed by atoms with Crippen molar-refractivity contribution in [1.29, 1.82) is 0 Å². The minimum atomic E-state index is -0.257. The summed E-state index contributed by atoms with van der Waals surface area (Å²) in [6.07, 6.45) is 4.14. The first-order chi connectivity index (χ1) is 16.5. The molecular formula is C26H27N5O2S. The maximum Gasteiger partial charge on any atom is 0.253 e. The standard InChI is InChI=1S/C26H27N5O2S/c1-16-21(17(2)31-25(27-16)29-26(30-31)34-3)15-23(32)28-24(18-8-5-4-6-9-18)20-11-12-22-19(14-20)10-7-13-33-22/h4-6,8-9,11-12,14,24H,7,10,13,15H2,1-3H3,(H,28,32). The Balaban J connectivity index is 1.45. The molecule has 0 fully saturated rings. The summed E-state index contributed by atoms with van der Waals surface area (Å²) in [4.78, 5) is 22.4. The highest BCUT2D eigenvalue weighted by Crippen LogP contribution is 2.30. The Bertz CT molecular complexity index is 1350. The number of rotatable bonds is 6. The van der Waals surface area contributed by atoms with Crippen LogP contribution in [0.4, 0.5) is 0 Å². The van der Waals surface area contributed by atoms with Gasteiger partial charge in [0, 0.05) is 17.0 Å². The first-order valence-electron chi connectivity index (χ1n) is 11.4. The highest BCUT2D eigenvalue weighted by atomic mass is 32.2. The maximum absolute atomic E-state index is 13.3. The number of carbonyl (C=O) groups excluding carboxylic acids is 1. The van der Waals surface area contributed by atoms with Crippen molar-refractivity contribution in [1.82, 2.24) is 24.9 Å². The topological polar surface area (TPSA) is 81.4 Å². The number of thioether (sulfide) groups is 1. The Morgan fingerprint density at radius 3 is 2.76 bits per heavy atom. The van der Waals surface area contributed by atoms with Crippen molar-refractivity contribution in [3.8, 4) is 5.75 Å². The van der Waals surface area contributed by atoms with E-state index in [4.69, 9.17) is 4.74 Å². The Hall–Kier alpha value is -3.39. The zero-order valence-electron chi connectivity index (χ0n) is 19.5. The van der Waals surface area contributed by atoms with Crippen LogP contribution in [0.25, 0.3) is 5.78 Å². The molecule has 0 bridgehead atoms. The van der Waals surface area contributed by atoms with Crippen LogP contribution in [0.1, 0.15) is 46.1 Å². The normalized spacial score (nSPS) is 13.9. The molecule has 0 saturated carbocycles. The van der Waals surface area contributed by atoms with Crippen molar-refractivity contribution in [2.24, 2.45) is 0 Å². The first-order valence-corrected chi connectivity index (χ1v) is 12.6. The number of aromatic nitrogens is 4. The summed E-state index contributed by atoms with van der Waals surface area (Å²) < 4.78 is 7.51. The van der Waals surface area contributed by atoms with Crippen molar-refractivity contribution in [3.63, 3.8) is 0 Å². The molecule has 3 heterocycles. The van der Waals surface area contributed by atoms with Crippen LogP contribution in [0.15, 0.2) is 53.7 Å². The molecular weight excluding hydrogens is 446 g/mol. The summed E-state index contributed by atoms with van der Waals surface area (Å²) in [6, 6.07) is 16.0. The van der Waals surface area contributed by atoms with E-state index in [1.807, 2.05) is 62.6 Å². The quantitative estimate of drug-likeness (QED) is 0.422. The minimum Gasteiger partial charge on any atom is -0.493 e. The van der Waals surface area contributed by atoms with E-state index in [1.54, 1.807) is 4.52 Å². The van der Waals surface area contributed by atoms with Gasteiger partial charge < -0.3 is 10.1 Å². The van der Waals surface area contributed by atoms with E-state index < -0.39 is 0 Å². The lowest BCUT2D eigenvalue weighted by molar-refractivity contribution is -0.121. The predicted octanol–water partition coefficient (Wildman–Crippen LogP) is 4.24. The molecule has 1 atom stereocenters. The third-order valence-corrected chi connectivity index (χ3v) is 6.79. The highest BCUT2D eigenvalue weighted by molar-refractivity contribution is 7.98. The molecule has 1 N–H and O–H groups in total. The lowest BCUT2D eigenvalue weighted by Crippen LogP contribution is -2.31.